The molecule has 0 radical (unpaired) electrons. The van der Waals surface area contributed by atoms with Crippen molar-refractivity contribution in [2.24, 2.45) is 10.7 Å². The van der Waals surface area contributed by atoms with Crippen molar-refractivity contribution in [3.8, 4) is 0 Å². The second kappa shape index (κ2) is 10.5. The van der Waals surface area contributed by atoms with E-state index in [4.69, 9.17) is 5.73 Å². The molecular formula is C17H31N3O2. The minimum absolute atomic E-state index is 0.0659. The van der Waals surface area contributed by atoms with E-state index in [9.17, 15) is 9.90 Å². The van der Waals surface area contributed by atoms with Crippen LogP contribution in [0.25, 0.3) is 0 Å². The molecule has 1 aliphatic rings. The van der Waals surface area contributed by atoms with Crippen molar-refractivity contribution in [1.82, 2.24) is 0 Å². The lowest BCUT2D eigenvalue weighted by Crippen LogP contribution is -2.55. The molecule has 1 rings (SSSR count). The number of nitrogens with two attached hydrogens (primary N) is 1. The third-order valence-electron chi connectivity index (χ3n) is 4.28. The van der Waals surface area contributed by atoms with Crippen molar-refractivity contribution in [3.63, 3.8) is 0 Å². The second-order valence-electron chi connectivity index (χ2n) is 6.14. The number of amidine groups is 1. The molecule has 126 valence electrons. The lowest BCUT2D eigenvalue weighted by molar-refractivity contribution is -0.780. The van der Waals surface area contributed by atoms with Crippen molar-refractivity contribution in [2.45, 2.75) is 64.7 Å². The molecular weight excluding hydrogens is 278 g/mol. The predicted molar refractivity (Wildman–Crippen MR) is 87.9 cm³/mol. The van der Waals surface area contributed by atoms with Crippen LogP contribution in [0.4, 0.5) is 0 Å². The lowest BCUT2D eigenvalue weighted by Gasteiger charge is -2.32. The minimum atomic E-state index is -1.05. The van der Waals surface area contributed by atoms with Crippen molar-refractivity contribution >= 4 is 11.8 Å². The summed E-state index contributed by atoms with van der Waals surface area (Å²) in [5.41, 5.74) is 5.65. The number of carbonyl (C=O) groups excluding carboxylic acids is 1. The van der Waals surface area contributed by atoms with Crippen LogP contribution >= 0.6 is 0 Å². The maximum absolute atomic E-state index is 11.0. The topological polar surface area (TPSA) is 78.5 Å². The van der Waals surface area contributed by atoms with Crippen LogP contribution in [0.5, 0.6) is 0 Å². The van der Waals surface area contributed by atoms with Crippen LogP contribution in [0, 0.1) is 0 Å². The Morgan fingerprint density at radius 2 is 1.82 bits per heavy atom. The van der Waals surface area contributed by atoms with Gasteiger partial charge in [-0.2, -0.15) is 0 Å². The summed E-state index contributed by atoms with van der Waals surface area (Å²) in [6, 6.07) is 0. The molecule has 2 N–H and O–H groups in total. The molecule has 1 aliphatic heterocycles. The van der Waals surface area contributed by atoms with E-state index in [-0.39, 0.29) is 11.0 Å². The van der Waals surface area contributed by atoms with Gasteiger partial charge in [0.1, 0.15) is 19.3 Å². The van der Waals surface area contributed by atoms with Crippen molar-refractivity contribution < 1.29 is 14.4 Å². The highest BCUT2D eigenvalue weighted by Gasteiger charge is 2.34. The van der Waals surface area contributed by atoms with Crippen molar-refractivity contribution in [3.05, 3.63) is 12.4 Å². The van der Waals surface area contributed by atoms with Crippen LogP contribution in [-0.4, -0.2) is 35.9 Å². The molecule has 0 saturated heterocycles. The normalized spacial score (nSPS) is 20.4. The van der Waals surface area contributed by atoms with E-state index in [1.165, 1.54) is 44.9 Å². The molecule has 0 aromatic rings. The van der Waals surface area contributed by atoms with E-state index in [0.717, 1.165) is 18.7 Å². The number of carboxylic acid groups (broad SMARTS) is 1. The standard InChI is InChI=1S/C17H31N3O2/c1-2-3-4-5-6-7-8-9-10-16-19-12-14-20(16,13-11-18)15-17(21)22/h12,14H,2-11,13,15,18H2,1H3. The Bertz CT molecular complexity index is 393. The zero-order chi connectivity index (χ0) is 16.3. The molecule has 5 nitrogen and oxygen atoms in total. The number of hydrogen-bond acceptors (Lipinski definition) is 4. The summed E-state index contributed by atoms with van der Waals surface area (Å²) in [5.74, 6) is -0.135. The summed E-state index contributed by atoms with van der Waals surface area (Å²) in [5, 5.41) is 11.0. The van der Waals surface area contributed by atoms with Crippen LogP contribution in [-0.2, 0) is 4.79 Å². The number of aliphatic imine (C=N–C) groups is 1. The van der Waals surface area contributed by atoms with E-state index in [0.29, 0.717) is 13.1 Å². The molecule has 1 atom stereocenters. The highest BCUT2D eigenvalue weighted by Crippen LogP contribution is 2.21. The van der Waals surface area contributed by atoms with E-state index in [1.807, 2.05) is 6.20 Å². The van der Waals surface area contributed by atoms with Crippen molar-refractivity contribution in [1.29, 1.82) is 0 Å². The summed E-state index contributed by atoms with van der Waals surface area (Å²) in [6.45, 7) is 3.17. The molecule has 0 fully saturated rings. The van der Waals surface area contributed by atoms with Gasteiger partial charge in [0.25, 0.3) is 0 Å². The van der Waals surface area contributed by atoms with Crippen LogP contribution in [0.3, 0.4) is 0 Å². The molecule has 0 aromatic carbocycles. The number of hydrogen-bond donors (Lipinski definition) is 1. The molecule has 1 unspecified atom stereocenters. The summed E-state index contributed by atoms with van der Waals surface area (Å²) in [7, 11) is 0. The summed E-state index contributed by atoms with van der Waals surface area (Å²) >= 11 is 0. The Kier molecular flexibility index (Phi) is 9.01. The van der Waals surface area contributed by atoms with Gasteiger partial charge in [-0.15, -0.1) is 0 Å². The Balaban J connectivity index is 2.30. The van der Waals surface area contributed by atoms with E-state index in [1.54, 1.807) is 6.20 Å². The number of aliphatic carboxylic acids is 1. The SMILES string of the molecule is CCCCCCCCCCC1=NC=C[N+]1(CCN)CC(=O)[O-]. The number of unbranched alkanes of at least 4 members (excludes halogenated alkanes) is 7. The first-order chi connectivity index (χ1) is 10.6. The Labute approximate surface area is 134 Å². The smallest absolute Gasteiger partial charge is 0.207 e. The largest absolute Gasteiger partial charge is 0.544 e. The quantitative estimate of drug-likeness (QED) is 0.417. The first-order valence-corrected chi connectivity index (χ1v) is 8.66. The average molecular weight is 309 g/mol. The predicted octanol–water partition coefficient (Wildman–Crippen LogP) is 1.93. The molecule has 22 heavy (non-hydrogen) atoms. The molecule has 0 amide bonds. The van der Waals surface area contributed by atoms with Gasteiger partial charge >= 0.3 is 0 Å². The van der Waals surface area contributed by atoms with Crippen LogP contribution in [0.1, 0.15) is 64.7 Å². The van der Waals surface area contributed by atoms with Gasteiger partial charge in [0.05, 0.1) is 12.2 Å². The molecule has 0 spiro atoms. The summed E-state index contributed by atoms with van der Waals surface area (Å²) < 4.78 is 0.245. The van der Waals surface area contributed by atoms with Gasteiger partial charge in [0.2, 0.25) is 5.84 Å². The molecule has 0 bridgehead atoms. The number of quaternary nitrogens is 1. The van der Waals surface area contributed by atoms with Gasteiger partial charge < -0.3 is 15.6 Å². The molecule has 0 aromatic heterocycles. The average Bonchev–Trinajstić information content (AvgIpc) is 2.84. The minimum Gasteiger partial charge on any atom is -0.544 e. The van der Waals surface area contributed by atoms with Gasteiger partial charge in [-0.05, 0) is 6.42 Å². The van der Waals surface area contributed by atoms with Gasteiger partial charge in [0.15, 0.2) is 0 Å². The zero-order valence-electron chi connectivity index (χ0n) is 13.9. The highest BCUT2D eigenvalue weighted by molar-refractivity contribution is 5.80. The van der Waals surface area contributed by atoms with Gasteiger partial charge in [-0.3, -0.25) is 0 Å². The Morgan fingerprint density at radius 3 is 2.41 bits per heavy atom. The number of carbonyl (C=O) groups is 1. The van der Waals surface area contributed by atoms with Gasteiger partial charge in [0, 0.05) is 13.0 Å². The fraction of sp³-hybridized carbons (Fsp3) is 0.765. The van der Waals surface area contributed by atoms with Crippen LogP contribution < -0.4 is 10.8 Å². The third kappa shape index (κ3) is 6.28. The van der Waals surface area contributed by atoms with Crippen molar-refractivity contribution in [2.75, 3.05) is 19.6 Å². The first kappa shape index (κ1) is 18.8. The number of rotatable bonds is 13. The lowest BCUT2D eigenvalue weighted by atomic mass is 10.1. The third-order valence-corrected chi connectivity index (χ3v) is 4.28. The summed E-state index contributed by atoms with van der Waals surface area (Å²) in [4.78, 5) is 15.4. The zero-order valence-corrected chi connectivity index (χ0v) is 13.9. The van der Waals surface area contributed by atoms with Gasteiger partial charge in [-0.1, -0.05) is 51.9 Å². The fourth-order valence-corrected chi connectivity index (χ4v) is 3.04. The molecule has 0 saturated carbocycles. The molecule has 1 heterocycles. The monoisotopic (exact) mass is 309 g/mol. The van der Waals surface area contributed by atoms with Crippen LogP contribution in [0.2, 0.25) is 0 Å². The van der Waals surface area contributed by atoms with Crippen LogP contribution in [0.15, 0.2) is 17.4 Å². The Morgan fingerprint density at radius 1 is 1.18 bits per heavy atom. The first-order valence-electron chi connectivity index (χ1n) is 8.66. The highest BCUT2D eigenvalue weighted by atomic mass is 16.4. The molecule has 5 heteroatoms. The number of nitrogens with zero attached hydrogens (tertiary/aromatic N) is 2. The van der Waals surface area contributed by atoms with E-state index >= 15 is 0 Å². The van der Waals surface area contributed by atoms with E-state index in [2.05, 4.69) is 11.9 Å². The number of carboxylic acids is 1. The molecule has 0 aliphatic carbocycles. The maximum Gasteiger partial charge on any atom is 0.207 e. The van der Waals surface area contributed by atoms with E-state index < -0.39 is 5.97 Å². The second-order valence-corrected chi connectivity index (χ2v) is 6.14. The maximum atomic E-state index is 11.0. The fourth-order valence-electron chi connectivity index (χ4n) is 3.04. The van der Waals surface area contributed by atoms with Gasteiger partial charge in [-0.25, -0.2) is 9.48 Å². The Hall–Kier alpha value is -1.20. The summed E-state index contributed by atoms with van der Waals surface area (Å²) in [6.07, 6.45) is 14.5.